The fraction of sp³-hybridized carbons (Fsp3) is 0.263. The maximum absolute atomic E-state index is 12.4. The zero-order valence-electron chi connectivity index (χ0n) is 14.3. The van der Waals surface area contributed by atoms with Crippen LogP contribution in [-0.4, -0.2) is 18.0 Å². The van der Waals surface area contributed by atoms with Crippen molar-refractivity contribution in [1.29, 1.82) is 0 Å². The average Bonchev–Trinajstić information content (AvgIpc) is 2.57. The first-order valence-electron chi connectivity index (χ1n) is 7.98. The Bertz CT molecular complexity index is 774. The lowest BCUT2D eigenvalue weighted by molar-refractivity contribution is -0.115. The molecule has 25 heavy (non-hydrogen) atoms. The molecule has 0 atom stereocenters. The Kier molecular flexibility index (Phi) is 6.58. The predicted octanol–water partition coefficient (Wildman–Crippen LogP) is 4.80. The number of benzene rings is 2. The van der Waals surface area contributed by atoms with E-state index in [1.54, 1.807) is 49.4 Å². The molecule has 0 aromatic heterocycles. The number of nitrogens with one attached hydrogen (secondary N) is 1. The molecule has 2 aromatic carbocycles. The fourth-order valence-corrected chi connectivity index (χ4v) is 2.51. The third-order valence-electron chi connectivity index (χ3n) is 3.22. The Morgan fingerprint density at radius 2 is 1.84 bits per heavy atom. The summed E-state index contributed by atoms with van der Waals surface area (Å²) in [7, 11) is 0. The van der Waals surface area contributed by atoms with Crippen LogP contribution in [0.25, 0.3) is 0 Å². The van der Waals surface area contributed by atoms with Crippen LogP contribution in [0.3, 0.4) is 0 Å². The molecule has 0 fully saturated rings. The molecule has 0 unspecified atom stereocenters. The zero-order chi connectivity index (χ0) is 18.4. The van der Waals surface area contributed by atoms with Gasteiger partial charge in [-0.1, -0.05) is 19.1 Å². The Balaban J connectivity index is 2.17. The van der Waals surface area contributed by atoms with Gasteiger partial charge in [-0.05, 0) is 60.1 Å². The standard InChI is InChI=1S/C19H20BrNO4/c1-4-18(22)21-15-7-5-6-8-17(15)25-19(23)13-9-10-16(14(20)11-13)24-12(2)3/h5-12H,4H2,1-3H3,(H,21,22). The van der Waals surface area contributed by atoms with E-state index in [2.05, 4.69) is 21.2 Å². The number of carbonyl (C=O) groups is 2. The second-order valence-electron chi connectivity index (χ2n) is 5.60. The summed E-state index contributed by atoms with van der Waals surface area (Å²) < 4.78 is 11.7. The van der Waals surface area contributed by atoms with Crippen molar-refractivity contribution >= 4 is 33.5 Å². The van der Waals surface area contributed by atoms with Gasteiger partial charge in [0.2, 0.25) is 5.91 Å². The SMILES string of the molecule is CCC(=O)Nc1ccccc1OC(=O)c1ccc(OC(C)C)c(Br)c1. The van der Waals surface area contributed by atoms with Gasteiger partial charge in [-0.2, -0.15) is 0 Å². The van der Waals surface area contributed by atoms with Crippen LogP contribution in [0, 0.1) is 0 Å². The van der Waals surface area contributed by atoms with Crippen LogP contribution >= 0.6 is 15.9 Å². The van der Waals surface area contributed by atoms with Crippen LogP contribution in [0.15, 0.2) is 46.9 Å². The Labute approximate surface area is 155 Å². The van der Waals surface area contributed by atoms with Crippen LogP contribution in [-0.2, 0) is 4.79 Å². The van der Waals surface area contributed by atoms with Crippen LogP contribution in [0.2, 0.25) is 0 Å². The number of anilines is 1. The predicted molar refractivity (Wildman–Crippen MR) is 100 cm³/mol. The van der Waals surface area contributed by atoms with E-state index in [0.717, 1.165) is 0 Å². The van der Waals surface area contributed by atoms with Crippen molar-refractivity contribution in [2.24, 2.45) is 0 Å². The molecule has 2 aromatic rings. The van der Waals surface area contributed by atoms with Crippen LogP contribution in [0.5, 0.6) is 11.5 Å². The van der Waals surface area contributed by atoms with E-state index in [-0.39, 0.29) is 12.0 Å². The van der Waals surface area contributed by atoms with Gasteiger partial charge in [0.15, 0.2) is 5.75 Å². The van der Waals surface area contributed by atoms with E-state index in [1.165, 1.54) is 0 Å². The van der Waals surface area contributed by atoms with E-state index in [0.29, 0.717) is 33.6 Å². The van der Waals surface area contributed by atoms with Gasteiger partial charge in [-0.3, -0.25) is 4.79 Å². The first-order valence-corrected chi connectivity index (χ1v) is 8.77. The molecule has 0 bridgehead atoms. The van der Waals surface area contributed by atoms with Crippen molar-refractivity contribution in [3.05, 3.63) is 52.5 Å². The van der Waals surface area contributed by atoms with Crippen LogP contribution < -0.4 is 14.8 Å². The van der Waals surface area contributed by atoms with Crippen molar-refractivity contribution in [3.8, 4) is 11.5 Å². The highest BCUT2D eigenvalue weighted by Crippen LogP contribution is 2.29. The third-order valence-corrected chi connectivity index (χ3v) is 3.83. The Hall–Kier alpha value is -2.34. The summed E-state index contributed by atoms with van der Waals surface area (Å²) in [6.07, 6.45) is 0.371. The number of amides is 1. The third kappa shape index (κ3) is 5.32. The van der Waals surface area contributed by atoms with Crippen molar-refractivity contribution < 1.29 is 19.1 Å². The molecular formula is C19H20BrNO4. The van der Waals surface area contributed by atoms with Gasteiger partial charge in [0.05, 0.1) is 21.8 Å². The molecule has 5 nitrogen and oxygen atoms in total. The first kappa shape index (κ1) is 19.0. The first-order chi connectivity index (χ1) is 11.9. The maximum atomic E-state index is 12.4. The summed E-state index contributed by atoms with van der Waals surface area (Å²) in [6.45, 7) is 5.61. The highest BCUT2D eigenvalue weighted by molar-refractivity contribution is 9.10. The number of para-hydroxylation sites is 2. The molecule has 6 heteroatoms. The fourth-order valence-electron chi connectivity index (χ4n) is 2.03. The van der Waals surface area contributed by atoms with Crippen LogP contribution in [0.4, 0.5) is 5.69 Å². The quantitative estimate of drug-likeness (QED) is 0.553. The molecule has 0 aliphatic rings. The lowest BCUT2D eigenvalue weighted by atomic mass is 10.2. The lowest BCUT2D eigenvalue weighted by Crippen LogP contribution is -2.14. The van der Waals surface area contributed by atoms with E-state index >= 15 is 0 Å². The van der Waals surface area contributed by atoms with E-state index in [9.17, 15) is 9.59 Å². The normalized spacial score (nSPS) is 10.4. The highest BCUT2D eigenvalue weighted by Gasteiger charge is 2.15. The van der Waals surface area contributed by atoms with Crippen LogP contribution in [0.1, 0.15) is 37.6 Å². The molecule has 0 spiro atoms. The van der Waals surface area contributed by atoms with E-state index in [4.69, 9.17) is 9.47 Å². The summed E-state index contributed by atoms with van der Waals surface area (Å²) in [5.41, 5.74) is 0.834. The van der Waals surface area contributed by atoms with Gasteiger partial charge in [0.25, 0.3) is 0 Å². The molecule has 0 heterocycles. The average molecular weight is 406 g/mol. The topological polar surface area (TPSA) is 64.6 Å². The van der Waals surface area contributed by atoms with Crippen molar-refractivity contribution in [2.45, 2.75) is 33.3 Å². The Morgan fingerprint density at radius 1 is 1.12 bits per heavy atom. The number of hydrogen-bond acceptors (Lipinski definition) is 4. The molecule has 0 saturated heterocycles. The number of rotatable bonds is 6. The minimum atomic E-state index is -0.519. The minimum absolute atomic E-state index is 0.0307. The molecular weight excluding hydrogens is 386 g/mol. The van der Waals surface area contributed by atoms with E-state index < -0.39 is 5.97 Å². The second kappa shape index (κ2) is 8.67. The number of halogens is 1. The molecule has 0 aliphatic heterocycles. The largest absolute Gasteiger partial charge is 0.490 e. The number of hydrogen-bond donors (Lipinski definition) is 1. The lowest BCUT2D eigenvalue weighted by Gasteiger charge is -2.13. The molecule has 1 amide bonds. The van der Waals surface area contributed by atoms with Crippen molar-refractivity contribution in [1.82, 2.24) is 0 Å². The number of esters is 1. The van der Waals surface area contributed by atoms with Crippen molar-refractivity contribution in [3.63, 3.8) is 0 Å². The number of ether oxygens (including phenoxy) is 2. The van der Waals surface area contributed by atoms with Gasteiger partial charge in [-0.25, -0.2) is 4.79 Å². The van der Waals surface area contributed by atoms with Crippen molar-refractivity contribution in [2.75, 3.05) is 5.32 Å². The minimum Gasteiger partial charge on any atom is -0.490 e. The molecule has 2 rings (SSSR count). The van der Waals surface area contributed by atoms with Gasteiger partial charge in [0.1, 0.15) is 5.75 Å². The summed E-state index contributed by atoms with van der Waals surface area (Å²) in [5, 5.41) is 2.71. The maximum Gasteiger partial charge on any atom is 0.343 e. The van der Waals surface area contributed by atoms with Gasteiger partial charge in [0, 0.05) is 6.42 Å². The zero-order valence-corrected chi connectivity index (χ0v) is 15.9. The highest BCUT2D eigenvalue weighted by atomic mass is 79.9. The molecule has 132 valence electrons. The Morgan fingerprint density at radius 3 is 2.48 bits per heavy atom. The summed E-state index contributed by atoms with van der Waals surface area (Å²) >= 11 is 3.40. The number of carbonyl (C=O) groups excluding carboxylic acids is 2. The van der Waals surface area contributed by atoms with E-state index in [1.807, 2.05) is 13.8 Å². The monoisotopic (exact) mass is 405 g/mol. The molecule has 1 N–H and O–H groups in total. The van der Waals surface area contributed by atoms with Gasteiger partial charge >= 0.3 is 5.97 Å². The smallest absolute Gasteiger partial charge is 0.343 e. The van der Waals surface area contributed by atoms with Gasteiger partial charge in [-0.15, -0.1) is 0 Å². The molecule has 0 radical (unpaired) electrons. The summed E-state index contributed by atoms with van der Waals surface area (Å²) in [6, 6.07) is 11.8. The second-order valence-corrected chi connectivity index (χ2v) is 6.45. The molecule has 0 saturated carbocycles. The van der Waals surface area contributed by atoms with Gasteiger partial charge < -0.3 is 14.8 Å². The summed E-state index contributed by atoms with van der Waals surface area (Å²) in [4.78, 5) is 24.0. The summed E-state index contributed by atoms with van der Waals surface area (Å²) in [5.74, 6) is 0.284. The molecule has 0 aliphatic carbocycles.